The first-order chi connectivity index (χ1) is 16.7. The number of benzene rings is 2. The van der Waals surface area contributed by atoms with Crippen molar-refractivity contribution in [3.8, 4) is 17.0 Å². The maximum absolute atomic E-state index is 12.4. The summed E-state index contributed by atoms with van der Waals surface area (Å²) in [5, 5.41) is 0. The molecule has 2 heterocycles. The molecule has 4 nitrogen and oxygen atoms in total. The van der Waals surface area contributed by atoms with Crippen LogP contribution < -0.4 is 4.74 Å². The smallest absolute Gasteiger partial charge is 0.348 e. The quantitative estimate of drug-likeness (QED) is 0.258. The van der Waals surface area contributed by atoms with Gasteiger partial charge in [0.1, 0.15) is 17.2 Å². The number of aromatic nitrogens is 1. The number of hydrogen-bond donors (Lipinski definition) is 0. The number of esters is 1. The van der Waals surface area contributed by atoms with E-state index < -0.39 is 0 Å². The SMILES string of the molecule is CCOC(=O)c1cc2c(s1)c(C1CCCCC1)c(-c1ccc(OCc3ccccc3)cc1)n2C. The normalized spacial score (nSPS) is 14.4. The molecular weight excluding hydrogens is 442 g/mol. The Morgan fingerprint density at radius 3 is 2.47 bits per heavy atom. The van der Waals surface area contributed by atoms with Gasteiger partial charge in [-0.1, -0.05) is 49.6 Å². The lowest BCUT2D eigenvalue weighted by Crippen LogP contribution is -2.06. The summed E-state index contributed by atoms with van der Waals surface area (Å²) in [7, 11) is 2.12. The monoisotopic (exact) mass is 473 g/mol. The topological polar surface area (TPSA) is 40.5 Å². The first-order valence-corrected chi connectivity index (χ1v) is 13.0. The first kappa shape index (κ1) is 22.7. The molecule has 0 saturated heterocycles. The Labute approximate surface area is 205 Å². The van der Waals surface area contributed by atoms with Crippen LogP contribution in [0.5, 0.6) is 5.75 Å². The van der Waals surface area contributed by atoms with E-state index in [9.17, 15) is 4.79 Å². The van der Waals surface area contributed by atoms with Crippen molar-refractivity contribution in [2.75, 3.05) is 6.61 Å². The van der Waals surface area contributed by atoms with E-state index in [0.29, 0.717) is 24.0 Å². The number of rotatable bonds is 7. The Morgan fingerprint density at radius 2 is 1.76 bits per heavy atom. The first-order valence-electron chi connectivity index (χ1n) is 12.2. The van der Waals surface area contributed by atoms with Crippen LogP contribution in [0.4, 0.5) is 0 Å². The lowest BCUT2D eigenvalue weighted by atomic mass is 9.83. The fourth-order valence-corrected chi connectivity index (χ4v) is 6.31. The number of carbonyl (C=O) groups excluding carboxylic acids is 1. The zero-order chi connectivity index (χ0) is 23.5. The maximum atomic E-state index is 12.4. The second-order valence-electron chi connectivity index (χ2n) is 9.00. The number of carbonyl (C=O) groups is 1. The van der Waals surface area contributed by atoms with Crippen LogP contribution in [0.25, 0.3) is 21.5 Å². The summed E-state index contributed by atoms with van der Waals surface area (Å²) >= 11 is 1.58. The maximum Gasteiger partial charge on any atom is 0.348 e. The summed E-state index contributed by atoms with van der Waals surface area (Å²) in [6, 6.07) is 20.7. The van der Waals surface area contributed by atoms with Crippen molar-refractivity contribution in [1.82, 2.24) is 4.57 Å². The van der Waals surface area contributed by atoms with Crippen LogP contribution in [0.3, 0.4) is 0 Å². The molecule has 1 saturated carbocycles. The van der Waals surface area contributed by atoms with Gasteiger partial charge in [-0.25, -0.2) is 4.79 Å². The number of nitrogens with zero attached hydrogens (tertiary/aromatic N) is 1. The van der Waals surface area contributed by atoms with Crippen molar-refractivity contribution in [2.24, 2.45) is 7.05 Å². The van der Waals surface area contributed by atoms with Gasteiger partial charge in [0.05, 0.1) is 22.5 Å². The van der Waals surface area contributed by atoms with Crippen LogP contribution in [0, 0.1) is 0 Å². The lowest BCUT2D eigenvalue weighted by molar-refractivity contribution is 0.0532. The second kappa shape index (κ2) is 10.1. The van der Waals surface area contributed by atoms with Gasteiger partial charge in [-0.15, -0.1) is 11.3 Å². The number of ether oxygens (including phenoxy) is 2. The van der Waals surface area contributed by atoms with Crippen LogP contribution in [0.15, 0.2) is 60.7 Å². The van der Waals surface area contributed by atoms with Gasteiger partial charge in [-0.3, -0.25) is 0 Å². The highest BCUT2D eigenvalue weighted by molar-refractivity contribution is 7.21. The fourth-order valence-electron chi connectivity index (χ4n) is 5.10. The van der Waals surface area contributed by atoms with E-state index in [1.807, 2.05) is 31.2 Å². The minimum Gasteiger partial charge on any atom is -0.489 e. The van der Waals surface area contributed by atoms with E-state index >= 15 is 0 Å². The summed E-state index contributed by atoms with van der Waals surface area (Å²) in [5.74, 6) is 1.17. The molecule has 4 aromatic rings. The highest BCUT2D eigenvalue weighted by atomic mass is 32.1. The number of hydrogen-bond acceptors (Lipinski definition) is 4. The van der Waals surface area contributed by atoms with E-state index in [1.54, 1.807) is 11.3 Å². The van der Waals surface area contributed by atoms with Gasteiger partial charge in [-0.2, -0.15) is 0 Å². The van der Waals surface area contributed by atoms with Gasteiger partial charge in [0, 0.05) is 7.05 Å². The summed E-state index contributed by atoms with van der Waals surface area (Å²) in [5.41, 5.74) is 6.13. The molecule has 0 radical (unpaired) electrons. The zero-order valence-corrected chi connectivity index (χ0v) is 20.7. The minimum atomic E-state index is -0.222. The highest BCUT2D eigenvalue weighted by Gasteiger charge is 2.28. The van der Waals surface area contributed by atoms with Gasteiger partial charge in [-0.05, 0) is 72.7 Å². The predicted molar refractivity (Wildman–Crippen MR) is 139 cm³/mol. The van der Waals surface area contributed by atoms with Crippen molar-refractivity contribution < 1.29 is 14.3 Å². The molecule has 2 aromatic heterocycles. The van der Waals surface area contributed by atoms with Gasteiger partial charge < -0.3 is 14.0 Å². The second-order valence-corrected chi connectivity index (χ2v) is 10.1. The zero-order valence-electron chi connectivity index (χ0n) is 19.9. The summed E-state index contributed by atoms with van der Waals surface area (Å²) in [6.45, 7) is 2.81. The van der Waals surface area contributed by atoms with Crippen molar-refractivity contribution in [2.45, 2.75) is 51.6 Å². The molecular formula is C29H31NO3S. The third kappa shape index (κ3) is 4.49. The summed E-state index contributed by atoms with van der Waals surface area (Å²) in [4.78, 5) is 13.1. The Balaban J connectivity index is 1.49. The van der Waals surface area contributed by atoms with E-state index in [1.165, 1.54) is 53.6 Å². The Bertz CT molecular complexity index is 1260. The van der Waals surface area contributed by atoms with Crippen molar-refractivity contribution >= 4 is 27.5 Å². The summed E-state index contributed by atoms with van der Waals surface area (Å²) in [6.07, 6.45) is 6.26. The largest absolute Gasteiger partial charge is 0.489 e. The van der Waals surface area contributed by atoms with Crippen LogP contribution in [-0.2, 0) is 18.4 Å². The Kier molecular flexibility index (Phi) is 6.73. The fraction of sp³-hybridized carbons (Fsp3) is 0.345. The minimum absolute atomic E-state index is 0.222. The summed E-state index contributed by atoms with van der Waals surface area (Å²) < 4.78 is 14.8. The number of thiophene rings is 1. The van der Waals surface area contributed by atoms with Gasteiger partial charge in [0.2, 0.25) is 0 Å². The van der Waals surface area contributed by atoms with Crippen LogP contribution >= 0.6 is 11.3 Å². The molecule has 5 rings (SSSR count). The third-order valence-electron chi connectivity index (χ3n) is 6.78. The van der Waals surface area contributed by atoms with E-state index in [-0.39, 0.29) is 5.97 Å². The van der Waals surface area contributed by atoms with Gasteiger partial charge in [0.15, 0.2) is 0 Å². The third-order valence-corrected chi connectivity index (χ3v) is 7.91. The molecule has 2 aromatic carbocycles. The molecule has 0 aliphatic heterocycles. The molecule has 1 fully saturated rings. The van der Waals surface area contributed by atoms with Gasteiger partial charge in [0.25, 0.3) is 0 Å². The average molecular weight is 474 g/mol. The van der Waals surface area contributed by atoms with Crippen LogP contribution in [-0.4, -0.2) is 17.1 Å². The molecule has 5 heteroatoms. The molecule has 34 heavy (non-hydrogen) atoms. The Morgan fingerprint density at radius 1 is 1.03 bits per heavy atom. The lowest BCUT2D eigenvalue weighted by Gasteiger charge is -2.23. The van der Waals surface area contributed by atoms with E-state index in [2.05, 4.69) is 48.0 Å². The predicted octanol–water partition coefficient (Wildman–Crippen LogP) is 7.71. The molecule has 0 bridgehead atoms. The van der Waals surface area contributed by atoms with Crippen molar-refractivity contribution in [1.29, 1.82) is 0 Å². The van der Waals surface area contributed by atoms with Crippen molar-refractivity contribution in [3.63, 3.8) is 0 Å². The molecule has 0 N–H and O–H groups in total. The van der Waals surface area contributed by atoms with Crippen LogP contribution in [0.2, 0.25) is 0 Å². The number of fused-ring (bicyclic) bond motifs is 1. The molecule has 1 aliphatic rings. The van der Waals surface area contributed by atoms with Crippen molar-refractivity contribution in [3.05, 3.63) is 76.7 Å². The number of aryl methyl sites for hydroxylation is 1. The average Bonchev–Trinajstić information content (AvgIpc) is 3.43. The molecule has 1 aliphatic carbocycles. The van der Waals surface area contributed by atoms with Crippen LogP contribution in [0.1, 0.15) is 65.7 Å². The highest BCUT2D eigenvalue weighted by Crippen LogP contribution is 2.46. The van der Waals surface area contributed by atoms with Gasteiger partial charge >= 0.3 is 5.97 Å². The van der Waals surface area contributed by atoms with E-state index in [4.69, 9.17) is 9.47 Å². The molecule has 0 spiro atoms. The Hall–Kier alpha value is -3.05. The molecule has 0 amide bonds. The standard InChI is InChI=1S/C29H31NO3S/c1-3-32-29(31)25-18-24-28(34-25)26(21-12-8-5-9-13-21)27(30(24)2)22-14-16-23(17-15-22)33-19-20-10-6-4-7-11-20/h4,6-7,10-11,14-18,21H,3,5,8-9,12-13,19H2,1-2H3. The van der Waals surface area contributed by atoms with E-state index in [0.717, 1.165) is 16.8 Å². The molecule has 0 unspecified atom stereocenters. The molecule has 176 valence electrons. The molecule has 0 atom stereocenters.